The maximum Gasteiger partial charge on any atom is -0.0209 e. The van der Waals surface area contributed by atoms with Crippen molar-refractivity contribution >= 4 is 0 Å². The smallest absolute Gasteiger partial charge is 0.0209 e. The molecule has 0 bridgehead atoms. The fourth-order valence-corrected chi connectivity index (χ4v) is 1.78. The lowest BCUT2D eigenvalue weighted by Gasteiger charge is -2.20. The molecule has 0 aliphatic rings. The van der Waals surface area contributed by atoms with Crippen LogP contribution in [0.4, 0.5) is 0 Å². The summed E-state index contributed by atoms with van der Waals surface area (Å²) in [6, 6.07) is 0. The third kappa shape index (κ3) is 6.54. The molecule has 0 aliphatic heterocycles. The molecular formula is C15H28. The molecule has 0 nitrogen and oxygen atoms in total. The van der Waals surface area contributed by atoms with Crippen LogP contribution >= 0.6 is 0 Å². The van der Waals surface area contributed by atoms with Gasteiger partial charge in [-0.15, -0.1) is 0 Å². The van der Waals surface area contributed by atoms with Crippen LogP contribution in [0.2, 0.25) is 0 Å². The van der Waals surface area contributed by atoms with Crippen molar-refractivity contribution in [3.63, 3.8) is 0 Å². The normalized spacial score (nSPS) is 17.0. The van der Waals surface area contributed by atoms with Gasteiger partial charge in [-0.05, 0) is 44.9 Å². The van der Waals surface area contributed by atoms with Gasteiger partial charge in [0.25, 0.3) is 0 Å². The Morgan fingerprint density at radius 1 is 1.20 bits per heavy atom. The maximum absolute atomic E-state index is 2.41. The highest BCUT2D eigenvalue weighted by molar-refractivity contribution is 5.03. The zero-order chi connectivity index (χ0) is 11.7. The topological polar surface area (TPSA) is 0 Å². The first-order valence-corrected chi connectivity index (χ1v) is 6.41. The summed E-state index contributed by atoms with van der Waals surface area (Å²) in [7, 11) is 0. The summed E-state index contributed by atoms with van der Waals surface area (Å²) >= 11 is 0. The third-order valence-corrected chi connectivity index (χ3v) is 3.35. The monoisotopic (exact) mass is 208 g/mol. The molecule has 0 aliphatic carbocycles. The Morgan fingerprint density at radius 2 is 1.87 bits per heavy atom. The number of hydrogen-bond donors (Lipinski definition) is 0. The molecule has 0 heteroatoms. The predicted octanol–water partition coefficient (Wildman–Crippen LogP) is 5.36. The molecule has 0 heterocycles. The van der Waals surface area contributed by atoms with E-state index in [2.05, 4.69) is 52.8 Å². The van der Waals surface area contributed by atoms with Crippen molar-refractivity contribution in [2.75, 3.05) is 0 Å². The Kier molecular flexibility index (Phi) is 8.46. The van der Waals surface area contributed by atoms with Gasteiger partial charge in [0.05, 0.1) is 0 Å². The first-order valence-electron chi connectivity index (χ1n) is 6.41. The Hall–Kier alpha value is -0.520. The van der Waals surface area contributed by atoms with E-state index in [0.29, 0.717) is 0 Å². The van der Waals surface area contributed by atoms with E-state index in [0.717, 1.165) is 11.8 Å². The number of rotatable bonds is 7. The van der Waals surface area contributed by atoms with Crippen LogP contribution in [-0.2, 0) is 0 Å². The van der Waals surface area contributed by atoms with Crippen molar-refractivity contribution < 1.29 is 0 Å². The molecule has 0 radical (unpaired) electrons. The van der Waals surface area contributed by atoms with Crippen LogP contribution in [0.15, 0.2) is 23.8 Å². The lowest BCUT2D eigenvalue weighted by molar-refractivity contribution is 0.413. The Morgan fingerprint density at radius 3 is 2.40 bits per heavy atom. The van der Waals surface area contributed by atoms with Crippen molar-refractivity contribution in [2.45, 2.75) is 60.3 Å². The van der Waals surface area contributed by atoms with Crippen LogP contribution in [-0.4, -0.2) is 0 Å². The van der Waals surface area contributed by atoms with Gasteiger partial charge in [-0.2, -0.15) is 0 Å². The van der Waals surface area contributed by atoms with E-state index in [4.69, 9.17) is 0 Å². The molecule has 15 heavy (non-hydrogen) atoms. The summed E-state index contributed by atoms with van der Waals surface area (Å²) in [5.74, 6) is 1.54. The molecule has 0 aromatic carbocycles. The van der Waals surface area contributed by atoms with Gasteiger partial charge in [0.2, 0.25) is 0 Å². The van der Waals surface area contributed by atoms with Crippen molar-refractivity contribution in [1.29, 1.82) is 0 Å². The van der Waals surface area contributed by atoms with Gasteiger partial charge in [-0.1, -0.05) is 51.0 Å². The van der Waals surface area contributed by atoms with Gasteiger partial charge in [-0.25, -0.2) is 0 Å². The molecule has 88 valence electrons. The van der Waals surface area contributed by atoms with Crippen LogP contribution in [0.3, 0.4) is 0 Å². The standard InChI is InChI=1S/C15H28/c1-6-8-10-12-14(4)15(5)13(3)11-9-7-2/h6,8,11,14-15H,7,9-10,12H2,1-5H3. The van der Waals surface area contributed by atoms with E-state index < -0.39 is 0 Å². The van der Waals surface area contributed by atoms with Crippen molar-refractivity contribution in [1.82, 2.24) is 0 Å². The molecule has 0 N–H and O–H groups in total. The van der Waals surface area contributed by atoms with Gasteiger partial charge in [0, 0.05) is 0 Å². The van der Waals surface area contributed by atoms with Crippen molar-refractivity contribution in [3.05, 3.63) is 23.8 Å². The molecule has 0 amide bonds. The van der Waals surface area contributed by atoms with E-state index >= 15 is 0 Å². The molecule has 0 rings (SSSR count). The van der Waals surface area contributed by atoms with Gasteiger partial charge < -0.3 is 0 Å². The Labute approximate surface area is 96.5 Å². The fourth-order valence-electron chi connectivity index (χ4n) is 1.78. The fraction of sp³-hybridized carbons (Fsp3) is 0.733. The second-order valence-corrected chi connectivity index (χ2v) is 4.65. The molecule has 0 saturated carbocycles. The third-order valence-electron chi connectivity index (χ3n) is 3.35. The summed E-state index contributed by atoms with van der Waals surface area (Å²) in [6.45, 7) is 11.4. The van der Waals surface area contributed by atoms with Crippen LogP contribution in [0, 0.1) is 11.8 Å². The van der Waals surface area contributed by atoms with E-state index in [1.54, 1.807) is 5.57 Å². The average molecular weight is 208 g/mol. The van der Waals surface area contributed by atoms with Crippen molar-refractivity contribution in [2.24, 2.45) is 11.8 Å². The molecule has 2 unspecified atom stereocenters. The van der Waals surface area contributed by atoms with E-state index in [1.165, 1.54) is 25.7 Å². The summed E-state index contributed by atoms with van der Waals surface area (Å²) in [5.41, 5.74) is 1.57. The van der Waals surface area contributed by atoms with Gasteiger partial charge in [-0.3, -0.25) is 0 Å². The summed E-state index contributed by atoms with van der Waals surface area (Å²) in [4.78, 5) is 0. The minimum absolute atomic E-state index is 0.738. The summed E-state index contributed by atoms with van der Waals surface area (Å²) in [6.07, 6.45) is 11.9. The van der Waals surface area contributed by atoms with Crippen LogP contribution in [0.1, 0.15) is 60.3 Å². The number of unbranched alkanes of at least 4 members (excludes halogenated alkanes) is 1. The van der Waals surface area contributed by atoms with Crippen LogP contribution < -0.4 is 0 Å². The van der Waals surface area contributed by atoms with Gasteiger partial charge in [0.15, 0.2) is 0 Å². The zero-order valence-electron chi connectivity index (χ0n) is 11.2. The molecule has 2 atom stereocenters. The molecule has 0 saturated heterocycles. The first-order chi connectivity index (χ1) is 7.13. The second-order valence-electron chi connectivity index (χ2n) is 4.65. The highest BCUT2D eigenvalue weighted by atomic mass is 14.2. The molecule has 0 spiro atoms. The first kappa shape index (κ1) is 14.5. The summed E-state index contributed by atoms with van der Waals surface area (Å²) < 4.78 is 0. The lowest BCUT2D eigenvalue weighted by atomic mass is 9.86. The highest BCUT2D eigenvalue weighted by Crippen LogP contribution is 2.24. The van der Waals surface area contributed by atoms with Crippen LogP contribution in [0.25, 0.3) is 0 Å². The minimum atomic E-state index is 0.738. The van der Waals surface area contributed by atoms with E-state index in [-0.39, 0.29) is 0 Å². The number of allylic oxidation sites excluding steroid dienone is 4. The molecule has 0 aromatic heterocycles. The Bertz CT molecular complexity index is 198. The van der Waals surface area contributed by atoms with E-state index in [9.17, 15) is 0 Å². The van der Waals surface area contributed by atoms with Gasteiger partial charge >= 0.3 is 0 Å². The van der Waals surface area contributed by atoms with Gasteiger partial charge in [0.1, 0.15) is 0 Å². The predicted molar refractivity (Wildman–Crippen MR) is 71.0 cm³/mol. The molecular weight excluding hydrogens is 180 g/mol. The SMILES string of the molecule is CC=CCCC(C)C(C)C(C)=CCCC. The lowest BCUT2D eigenvalue weighted by Crippen LogP contribution is -2.09. The largest absolute Gasteiger partial charge is 0.0917 e. The average Bonchev–Trinajstić information content (AvgIpc) is 2.24. The second kappa shape index (κ2) is 8.76. The number of hydrogen-bond acceptors (Lipinski definition) is 0. The Balaban J connectivity index is 4.00. The maximum atomic E-state index is 2.41. The van der Waals surface area contributed by atoms with E-state index in [1.807, 2.05) is 0 Å². The molecule has 0 fully saturated rings. The molecule has 0 aromatic rings. The summed E-state index contributed by atoms with van der Waals surface area (Å²) in [5, 5.41) is 0. The van der Waals surface area contributed by atoms with Crippen LogP contribution in [0.5, 0.6) is 0 Å². The minimum Gasteiger partial charge on any atom is -0.0917 e. The van der Waals surface area contributed by atoms with Crippen molar-refractivity contribution in [3.8, 4) is 0 Å². The zero-order valence-corrected chi connectivity index (χ0v) is 11.2. The quantitative estimate of drug-likeness (QED) is 0.494. The highest BCUT2D eigenvalue weighted by Gasteiger charge is 2.12.